The van der Waals surface area contributed by atoms with E-state index < -0.39 is 0 Å². The Bertz CT molecular complexity index is 832. The third kappa shape index (κ3) is 3.13. The van der Waals surface area contributed by atoms with Gasteiger partial charge in [-0.15, -0.1) is 11.3 Å². The van der Waals surface area contributed by atoms with Gasteiger partial charge in [-0.25, -0.2) is 4.98 Å². The van der Waals surface area contributed by atoms with E-state index in [-0.39, 0.29) is 6.04 Å². The molecule has 4 rings (SSSR count). The van der Waals surface area contributed by atoms with Crippen molar-refractivity contribution >= 4 is 11.3 Å². The van der Waals surface area contributed by atoms with Crippen LogP contribution < -0.4 is 15.2 Å². The Labute approximate surface area is 144 Å². The number of aromatic nitrogens is 1. The zero-order valence-electron chi connectivity index (χ0n) is 13.1. The van der Waals surface area contributed by atoms with Crippen LogP contribution in [0.4, 0.5) is 0 Å². The van der Waals surface area contributed by atoms with Gasteiger partial charge in [-0.05, 0) is 30.2 Å². The number of nitrogens with zero attached hydrogens (tertiary/aromatic N) is 1. The van der Waals surface area contributed by atoms with E-state index in [1.165, 1.54) is 5.56 Å². The van der Waals surface area contributed by atoms with E-state index in [0.29, 0.717) is 13.2 Å². The molecule has 2 N–H and O–H groups in total. The summed E-state index contributed by atoms with van der Waals surface area (Å²) in [6.07, 6.45) is 0.787. The second-order valence-corrected chi connectivity index (χ2v) is 6.62. The van der Waals surface area contributed by atoms with E-state index >= 15 is 0 Å². The molecule has 5 heteroatoms. The van der Waals surface area contributed by atoms with Gasteiger partial charge >= 0.3 is 0 Å². The van der Waals surface area contributed by atoms with Crippen LogP contribution in [0.2, 0.25) is 0 Å². The fourth-order valence-electron chi connectivity index (χ4n) is 2.75. The van der Waals surface area contributed by atoms with Gasteiger partial charge in [0, 0.05) is 10.9 Å². The average molecular weight is 338 g/mol. The zero-order valence-corrected chi connectivity index (χ0v) is 14.0. The summed E-state index contributed by atoms with van der Waals surface area (Å²) < 4.78 is 11.2. The first kappa shape index (κ1) is 15.2. The van der Waals surface area contributed by atoms with Crippen LogP contribution in [0.25, 0.3) is 11.3 Å². The maximum absolute atomic E-state index is 6.33. The molecule has 0 spiro atoms. The minimum Gasteiger partial charge on any atom is -0.486 e. The number of thiazole rings is 1. The third-order valence-electron chi connectivity index (χ3n) is 3.98. The number of ether oxygens (including phenoxy) is 2. The van der Waals surface area contributed by atoms with E-state index in [0.717, 1.165) is 34.2 Å². The predicted octanol–water partition coefficient (Wildman–Crippen LogP) is 3.82. The van der Waals surface area contributed by atoms with Crippen molar-refractivity contribution in [2.24, 2.45) is 5.73 Å². The smallest absolute Gasteiger partial charge is 0.162 e. The summed E-state index contributed by atoms with van der Waals surface area (Å²) in [4.78, 5) is 4.72. The van der Waals surface area contributed by atoms with Gasteiger partial charge in [-0.3, -0.25) is 0 Å². The van der Waals surface area contributed by atoms with Crippen molar-refractivity contribution in [3.05, 3.63) is 64.5 Å². The Morgan fingerprint density at radius 1 is 1.04 bits per heavy atom. The molecule has 0 fully saturated rings. The van der Waals surface area contributed by atoms with Crippen LogP contribution in [0, 0.1) is 0 Å². The van der Waals surface area contributed by atoms with Crippen molar-refractivity contribution in [3.63, 3.8) is 0 Å². The predicted molar refractivity (Wildman–Crippen MR) is 95.6 cm³/mol. The van der Waals surface area contributed by atoms with E-state index in [1.807, 2.05) is 41.8 Å². The van der Waals surface area contributed by atoms with Gasteiger partial charge in [0.05, 0.1) is 11.7 Å². The molecule has 2 heterocycles. The van der Waals surface area contributed by atoms with Crippen LogP contribution in [-0.4, -0.2) is 18.2 Å². The Balaban J connectivity index is 1.54. The maximum Gasteiger partial charge on any atom is 0.162 e. The largest absolute Gasteiger partial charge is 0.486 e. The summed E-state index contributed by atoms with van der Waals surface area (Å²) in [5.41, 5.74) is 9.50. The maximum atomic E-state index is 6.33. The van der Waals surface area contributed by atoms with Crippen LogP contribution >= 0.6 is 11.3 Å². The van der Waals surface area contributed by atoms with Crippen LogP contribution in [-0.2, 0) is 6.42 Å². The fourth-order valence-corrected chi connectivity index (χ4v) is 3.58. The topological polar surface area (TPSA) is 57.4 Å². The van der Waals surface area contributed by atoms with Gasteiger partial charge in [-0.1, -0.05) is 30.3 Å². The summed E-state index contributed by atoms with van der Waals surface area (Å²) in [6, 6.07) is 16.1. The molecule has 1 aliphatic rings. The van der Waals surface area contributed by atoms with Gasteiger partial charge in [0.25, 0.3) is 0 Å². The molecule has 0 saturated heterocycles. The normalized spacial score (nSPS) is 14.4. The van der Waals surface area contributed by atoms with Crippen molar-refractivity contribution in [3.8, 4) is 22.8 Å². The lowest BCUT2D eigenvalue weighted by molar-refractivity contribution is 0.171. The van der Waals surface area contributed by atoms with Crippen molar-refractivity contribution in [2.45, 2.75) is 12.5 Å². The summed E-state index contributed by atoms with van der Waals surface area (Å²) in [5, 5.41) is 3.00. The summed E-state index contributed by atoms with van der Waals surface area (Å²) in [6.45, 7) is 1.18. The second-order valence-electron chi connectivity index (χ2n) is 5.73. The highest BCUT2D eigenvalue weighted by Crippen LogP contribution is 2.35. The van der Waals surface area contributed by atoms with Crippen molar-refractivity contribution < 1.29 is 9.47 Å². The molecule has 1 atom stereocenters. The molecule has 0 radical (unpaired) electrons. The molecule has 0 bridgehead atoms. The molecule has 1 aliphatic heterocycles. The zero-order chi connectivity index (χ0) is 16.4. The van der Waals surface area contributed by atoms with E-state index in [4.69, 9.17) is 20.2 Å². The lowest BCUT2D eigenvalue weighted by Crippen LogP contribution is -2.15. The first-order chi connectivity index (χ1) is 11.8. The lowest BCUT2D eigenvalue weighted by atomic mass is 10.1. The minimum absolute atomic E-state index is 0.0941. The molecule has 3 aromatic rings. The number of hydrogen-bond acceptors (Lipinski definition) is 5. The molecule has 0 aliphatic carbocycles. The molecule has 24 heavy (non-hydrogen) atoms. The molecule has 4 nitrogen and oxygen atoms in total. The molecule has 0 saturated carbocycles. The van der Waals surface area contributed by atoms with E-state index in [1.54, 1.807) is 11.3 Å². The highest BCUT2D eigenvalue weighted by Gasteiger charge is 2.16. The molecule has 1 unspecified atom stereocenters. The summed E-state index contributed by atoms with van der Waals surface area (Å²) in [5.74, 6) is 1.57. The number of benzene rings is 2. The molecule has 2 aromatic carbocycles. The van der Waals surface area contributed by atoms with Crippen LogP contribution in [0.15, 0.2) is 53.9 Å². The molecular formula is C19H18N2O2S. The van der Waals surface area contributed by atoms with Crippen molar-refractivity contribution in [2.75, 3.05) is 13.2 Å². The monoisotopic (exact) mass is 338 g/mol. The first-order valence-corrected chi connectivity index (χ1v) is 8.82. The highest BCUT2D eigenvalue weighted by atomic mass is 32.1. The SMILES string of the molecule is NC(Cc1ccccc1)c1nc(-c2ccc3c(c2)OCCO3)cs1. The van der Waals surface area contributed by atoms with Gasteiger partial charge in [0.1, 0.15) is 18.2 Å². The van der Waals surface area contributed by atoms with Crippen molar-refractivity contribution in [1.82, 2.24) is 4.98 Å². The van der Waals surface area contributed by atoms with E-state index in [2.05, 4.69) is 12.1 Å². The van der Waals surface area contributed by atoms with Gasteiger partial charge in [-0.2, -0.15) is 0 Å². The Hall–Kier alpha value is -2.37. The quantitative estimate of drug-likeness (QED) is 0.785. The Morgan fingerprint density at radius 2 is 1.83 bits per heavy atom. The fraction of sp³-hybridized carbons (Fsp3) is 0.211. The molecule has 122 valence electrons. The van der Waals surface area contributed by atoms with Crippen LogP contribution in [0.3, 0.4) is 0 Å². The highest BCUT2D eigenvalue weighted by molar-refractivity contribution is 7.10. The number of nitrogens with two attached hydrogens (primary N) is 1. The lowest BCUT2D eigenvalue weighted by Gasteiger charge is -2.18. The second kappa shape index (κ2) is 6.63. The van der Waals surface area contributed by atoms with E-state index in [9.17, 15) is 0 Å². The number of fused-ring (bicyclic) bond motifs is 1. The van der Waals surface area contributed by atoms with Crippen molar-refractivity contribution in [1.29, 1.82) is 0 Å². The summed E-state index contributed by atoms with van der Waals surface area (Å²) >= 11 is 1.60. The minimum atomic E-state index is -0.0941. The van der Waals surface area contributed by atoms with Gasteiger partial charge in [0.15, 0.2) is 11.5 Å². The Morgan fingerprint density at radius 3 is 2.67 bits per heavy atom. The molecule has 0 amide bonds. The van der Waals surface area contributed by atoms with Gasteiger partial charge in [0.2, 0.25) is 0 Å². The standard InChI is InChI=1S/C19H18N2O2S/c20-15(10-13-4-2-1-3-5-13)19-21-16(12-24-19)14-6-7-17-18(11-14)23-9-8-22-17/h1-7,11-12,15H,8-10,20H2. The van der Waals surface area contributed by atoms with Crippen LogP contribution in [0.5, 0.6) is 11.5 Å². The molecular weight excluding hydrogens is 320 g/mol. The van der Waals surface area contributed by atoms with Gasteiger partial charge < -0.3 is 15.2 Å². The summed E-state index contributed by atoms with van der Waals surface area (Å²) in [7, 11) is 0. The number of hydrogen-bond donors (Lipinski definition) is 1. The van der Waals surface area contributed by atoms with Crippen LogP contribution in [0.1, 0.15) is 16.6 Å². The third-order valence-corrected chi connectivity index (χ3v) is 4.95. The average Bonchev–Trinajstić information content (AvgIpc) is 3.12. The first-order valence-electron chi connectivity index (χ1n) is 7.94. The number of rotatable bonds is 4. The molecule has 1 aromatic heterocycles. The Kier molecular flexibility index (Phi) is 4.19.